The highest BCUT2D eigenvalue weighted by Crippen LogP contribution is 2.34. The molecule has 0 bridgehead atoms. The largest absolute Gasteiger partial charge is 0.309 e. The number of hydrogen-bond acceptors (Lipinski definition) is 6. The summed E-state index contributed by atoms with van der Waals surface area (Å²) in [5.74, 6) is 1.40. The summed E-state index contributed by atoms with van der Waals surface area (Å²) in [6, 6.07) is 7.49. The quantitative estimate of drug-likeness (QED) is 0.465. The second kappa shape index (κ2) is 7.35. The van der Waals surface area contributed by atoms with Crippen LogP contribution in [-0.2, 0) is 7.05 Å². The monoisotopic (exact) mass is 431 g/mol. The van der Waals surface area contributed by atoms with Gasteiger partial charge in [-0.15, -0.1) is 21.5 Å². The van der Waals surface area contributed by atoms with Gasteiger partial charge < -0.3 is 9.55 Å². The summed E-state index contributed by atoms with van der Waals surface area (Å²) < 4.78 is 1.93. The molecule has 4 aromatic rings. The smallest absolute Gasteiger partial charge is 0.259 e. The van der Waals surface area contributed by atoms with Crippen molar-refractivity contribution in [2.24, 2.45) is 7.05 Å². The van der Waals surface area contributed by atoms with E-state index in [2.05, 4.69) is 20.2 Å². The Morgan fingerprint density at radius 3 is 2.64 bits per heavy atom. The first-order chi connectivity index (χ1) is 13.3. The number of aromatic nitrogens is 5. The van der Waals surface area contributed by atoms with Gasteiger partial charge in [0.2, 0.25) is 0 Å². The van der Waals surface area contributed by atoms with E-state index in [1.165, 1.54) is 11.8 Å². The van der Waals surface area contributed by atoms with Crippen LogP contribution in [0.25, 0.3) is 21.6 Å². The molecule has 0 amide bonds. The lowest BCUT2D eigenvalue weighted by molar-refractivity contribution is 0.786. The molecule has 3 aromatic heterocycles. The zero-order valence-electron chi connectivity index (χ0n) is 15.8. The highest BCUT2D eigenvalue weighted by molar-refractivity contribution is 7.99. The molecule has 3 heterocycles. The van der Waals surface area contributed by atoms with Crippen LogP contribution < -0.4 is 5.56 Å². The number of aromatic amines is 1. The third-order valence-corrected chi connectivity index (χ3v) is 7.16. The second-order valence-corrected chi connectivity index (χ2v) is 9.49. The predicted molar refractivity (Wildman–Crippen MR) is 115 cm³/mol. The lowest BCUT2D eigenvalue weighted by Gasteiger charge is -2.10. The van der Waals surface area contributed by atoms with Crippen LogP contribution in [-0.4, -0.2) is 24.7 Å². The van der Waals surface area contributed by atoms with E-state index in [4.69, 9.17) is 11.6 Å². The van der Waals surface area contributed by atoms with Crippen LogP contribution in [0.2, 0.25) is 5.02 Å². The molecule has 0 radical (unpaired) electrons. The summed E-state index contributed by atoms with van der Waals surface area (Å²) in [6.07, 6.45) is 0. The standard InChI is InChI=1S/C19H18ClN5OS2/c1-9-10(2)27-18-14(9)17(26)21-15(22-18)11(3)28-19-24-23-16(25(19)4)12-5-7-13(20)8-6-12/h5-8,11H,1-4H3,(H,21,22,26). The Kier molecular flexibility index (Phi) is 5.03. The van der Waals surface area contributed by atoms with Gasteiger partial charge in [-0.1, -0.05) is 23.4 Å². The van der Waals surface area contributed by atoms with Gasteiger partial charge in [0.25, 0.3) is 5.56 Å². The number of fused-ring (bicyclic) bond motifs is 1. The van der Waals surface area contributed by atoms with Gasteiger partial charge >= 0.3 is 0 Å². The molecule has 144 valence electrons. The van der Waals surface area contributed by atoms with Crippen molar-refractivity contribution in [1.29, 1.82) is 0 Å². The van der Waals surface area contributed by atoms with Crippen molar-refractivity contribution in [3.63, 3.8) is 0 Å². The molecule has 0 aliphatic carbocycles. The van der Waals surface area contributed by atoms with Crippen LogP contribution in [0.3, 0.4) is 0 Å². The van der Waals surface area contributed by atoms with E-state index >= 15 is 0 Å². The number of nitrogens with one attached hydrogen (secondary N) is 1. The highest BCUT2D eigenvalue weighted by Gasteiger charge is 2.19. The Balaban J connectivity index is 1.64. The molecular weight excluding hydrogens is 414 g/mol. The molecule has 1 unspecified atom stereocenters. The summed E-state index contributed by atoms with van der Waals surface area (Å²) in [5, 5.41) is 10.6. The minimum absolute atomic E-state index is 0.0826. The molecule has 0 aliphatic heterocycles. The zero-order chi connectivity index (χ0) is 20.0. The maximum Gasteiger partial charge on any atom is 0.259 e. The Labute approximate surface area is 175 Å². The van der Waals surface area contributed by atoms with Crippen molar-refractivity contribution in [3.8, 4) is 11.4 Å². The first-order valence-electron chi connectivity index (χ1n) is 8.67. The fraction of sp³-hybridized carbons (Fsp3) is 0.263. The van der Waals surface area contributed by atoms with E-state index in [1.807, 2.05) is 56.7 Å². The van der Waals surface area contributed by atoms with Gasteiger partial charge in [-0.25, -0.2) is 4.98 Å². The normalized spacial score (nSPS) is 12.6. The maximum atomic E-state index is 12.5. The molecule has 0 fully saturated rings. The third-order valence-electron chi connectivity index (χ3n) is 4.66. The Bertz CT molecular complexity index is 1230. The second-order valence-electron chi connectivity index (χ2n) is 6.55. The van der Waals surface area contributed by atoms with Gasteiger partial charge in [0.05, 0.1) is 10.6 Å². The average molecular weight is 432 g/mol. The fourth-order valence-corrected chi connectivity index (χ4v) is 4.98. The summed E-state index contributed by atoms with van der Waals surface area (Å²) in [4.78, 5) is 22.1. The molecule has 28 heavy (non-hydrogen) atoms. The van der Waals surface area contributed by atoms with Crippen molar-refractivity contribution in [2.45, 2.75) is 31.2 Å². The summed E-state index contributed by atoms with van der Waals surface area (Å²) in [6.45, 7) is 5.97. The van der Waals surface area contributed by atoms with Gasteiger partial charge in [-0.2, -0.15) is 0 Å². The van der Waals surface area contributed by atoms with Crippen molar-refractivity contribution in [2.75, 3.05) is 0 Å². The zero-order valence-corrected chi connectivity index (χ0v) is 18.2. The van der Waals surface area contributed by atoms with Gasteiger partial charge in [0, 0.05) is 22.5 Å². The molecule has 0 saturated heterocycles. The number of hydrogen-bond donors (Lipinski definition) is 1. The summed E-state index contributed by atoms with van der Waals surface area (Å²) in [5.41, 5.74) is 1.85. The van der Waals surface area contributed by atoms with E-state index in [1.54, 1.807) is 11.3 Å². The van der Waals surface area contributed by atoms with Crippen LogP contribution in [0.1, 0.15) is 28.4 Å². The minimum Gasteiger partial charge on any atom is -0.309 e. The Hall–Kier alpha value is -2.16. The van der Waals surface area contributed by atoms with Crippen molar-refractivity contribution >= 4 is 44.9 Å². The van der Waals surface area contributed by atoms with Crippen molar-refractivity contribution < 1.29 is 0 Å². The SMILES string of the molecule is Cc1sc2nc(C(C)Sc3nnc(-c4ccc(Cl)cc4)n3C)[nH]c(=O)c2c1C. The topological polar surface area (TPSA) is 76.5 Å². The predicted octanol–water partition coefficient (Wildman–Crippen LogP) is 4.90. The summed E-state index contributed by atoms with van der Waals surface area (Å²) in [7, 11) is 1.92. The lowest BCUT2D eigenvalue weighted by Crippen LogP contribution is -2.12. The van der Waals surface area contributed by atoms with Crippen LogP contribution >= 0.6 is 34.7 Å². The van der Waals surface area contributed by atoms with Gasteiger partial charge in [-0.3, -0.25) is 4.79 Å². The molecule has 1 N–H and O–H groups in total. The van der Waals surface area contributed by atoms with Crippen LogP contribution in [0.15, 0.2) is 34.2 Å². The maximum absolute atomic E-state index is 12.5. The van der Waals surface area contributed by atoms with Gasteiger partial charge in [0.15, 0.2) is 11.0 Å². The molecule has 1 aromatic carbocycles. The molecular formula is C19H18ClN5OS2. The van der Waals surface area contributed by atoms with Crippen molar-refractivity contribution in [3.05, 3.63) is 55.9 Å². The number of halogens is 1. The van der Waals surface area contributed by atoms with E-state index in [0.29, 0.717) is 16.2 Å². The number of thioether (sulfide) groups is 1. The van der Waals surface area contributed by atoms with Gasteiger partial charge in [-0.05, 0) is 50.6 Å². The number of aryl methyl sites for hydroxylation is 2. The molecule has 4 rings (SSSR count). The highest BCUT2D eigenvalue weighted by atomic mass is 35.5. The fourth-order valence-electron chi connectivity index (χ4n) is 2.95. The van der Waals surface area contributed by atoms with E-state index in [-0.39, 0.29) is 10.8 Å². The molecule has 6 nitrogen and oxygen atoms in total. The first-order valence-corrected chi connectivity index (χ1v) is 10.7. The number of H-pyrrole nitrogens is 1. The van der Waals surface area contributed by atoms with E-state index in [0.717, 1.165) is 31.8 Å². The van der Waals surface area contributed by atoms with E-state index in [9.17, 15) is 4.79 Å². The first kappa shape index (κ1) is 19.2. The number of nitrogens with zero attached hydrogens (tertiary/aromatic N) is 4. The number of benzene rings is 1. The lowest BCUT2D eigenvalue weighted by atomic mass is 10.2. The molecule has 0 aliphatic rings. The minimum atomic E-state index is -0.0888. The molecule has 0 spiro atoms. The summed E-state index contributed by atoms with van der Waals surface area (Å²) >= 11 is 9.02. The van der Waals surface area contributed by atoms with Crippen LogP contribution in [0, 0.1) is 13.8 Å². The molecule has 1 atom stereocenters. The van der Waals surface area contributed by atoms with E-state index < -0.39 is 0 Å². The number of thiophene rings is 1. The molecule has 9 heteroatoms. The number of rotatable bonds is 4. The van der Waals surface area contributed by atoms with Gasteiger partial charge in [0.1, 0.15) is 10.7 Å². The Morgan fingerprint density at radius 2 is 1.93 bits per heavy atom. The van der Waals surface area contributed by atoms with Crippen LogP contribution in [0.5, 0.6) is 0 Å². The third kappa shape index (κ3) is 3.36. The average Bonchev–Trinajstić information content (AvgIpc) is 3.16. The van der Waals surface area contributed by atoms with Crippen molar-refractivity contribution in [1.82, 2.24) is 24.7 Å². The van der Waals surface area contributed by atoms with Crippen LogP contribution in [0.4, 0.5) is 0 Å². The Morgan fingerprint density at radius 1 is 1.21 bits per heavy atom. The molecule has 0 saturated carbocycles.